The second-order valence-corrected chi connectivity index (χ2v) is 8.61. The number of piperazine rings is 1. The molecule has 0 unspecified atom stereocenters. The summed E-state index contributed by atoms with van der Waals surface area (Å²) in [4.78, 5) is 15.5. The van der Waals surface area contributed by atoms with Crippen molar-refractivity contribution >= 4 is 23.4 Å². The van der Waals surface area contributed by atoms with E-state index in [0.717, 1.165) is 13.1 Å². The summed E-state index contributed by atoms with van der Waals surface area (Å²) in [6, 6.07) is 20.5. The van der Waals surface area contributed by atoms with Gasteiger partial charge in [-0.3, -0.25) is 0 Å². The molecule has 0 aromatic heterocycles. The molecule has 5 N–H and O–H groups in total. The number of carboxylic acids is 1. The summed E-state index contributed by atoms with van der Waals surface area (Å²) in [7, 11) is 0. The maximum absolute atomic E-state index is 10.5. The van der Waals surface area contributed by atoms with E-state index in [2.05, 4.69) is 66.5 Å². The monoisotopic (exact) mass is 454 g/mol. The first-order chi connectivity index (χ1) is 14.9. The molecule has 3 aromatic carbocycles. The fourth-order valence-electron chi connectivity index (χ4n) is 3.43. The summed E-state index contributed by atoms with van der Waals surface area (Å²) in [5.41, 5.74) is 4.22. The van der Waals surface area contributed by atoms with Crippen LogP contribution in [0.2, 0.25) is 0 Å². The van der Waals surface area contributed by atoms with Crippen LogP contribution in [-0.4, -0.2) is 42.7 Å². The Morgan fingerprint density at radius 2 is 1.62 bits per heavy atom. The van der Waals surface area contributed by atoms with E-state index in [9.17, 15) is 9.90 Å². The fourth-order valence-corrected chi connectivity index (χ4v) is 4.47. The molecule has 0 aliphatic carbocycles. The average molecular weight is 455 g/mol. The zero-order chi connectivity index (χ0) is 22.2. The van der Waals surface area contributed by atoms with Gasteiger partial charge in [-0.05, 0) is 49.7 Å². The standard InChI is InChI=1S/C18H22N2S.C7H6O3.H2O/c1-14-7-8-17(15(2)13-14)21-18-6-4-3-5-16(18)20-11-9-19-10-12-20;8-6-3-1-5(2-4-6)7(9)10;/h3-8,13,19H,9-12H2,1-2H3;1-4,8H,(H,9,10);1H2. The first-order valence-corrected chi connectivity index (χ1v) is 11.2. The normalized spacial score (nSPS) is 12.9. The summed E-state index contributed by atoms with van der Waals surface area (Å²) in [5, 5.41) is 21.2. The molecule has 7 heteroatoms. The summed E-state index contributed by atoms with van der Waals surface area (Å²) in [6.07, 6.45) is 0. The molecule has 0 spiro atoms. The van der Waals surface area contributed by atoms with Gasteiger partial charge in [0.2, 0.25) is 0 Å². The van der Waals surface area contributed by atoms with E-state index in [1.165, 1.54) is 64.0 Å². The van der Waals surface area contributed by atoms with Crippen LogP contribution >= 0.6 is 11.8 Å². The number of nitrogens with zero attached hydrogens (tertiary/aromatic N) is 1. The molecule has 1 aliphatic heterocycles. The van der Waals surface area contributed by atoms with Crippen LogP contribution in [0.3, 0.4) is 0 Å². The molecule has 0 radical (unpaired) electrons. The van der Waals surface area contributed by atoms with Crippen LogP contribution < -0.4 is 15.3 Å². The predicted molar refractivity (Wildman–Crippen MR) is 127 cm³/mol. The third kappa shape index (κ3) is 7.02. The third-order valence-electron chi connectivity index (χ3n) is 5.06. The van der Waals surface area contributed by atoms with Gasteiger partial charge in [0.15, 0.2) is 0 Å². The Kier molecular flexibility index (Phi) is 9.59. The average Bonchev–Trinajstić information content (AvgIpc) is 2.77. The van der Waals surface area contributed by atoms with Crippen molar-refractivity contribution in [3.63, 3.8) is 0 Å². The number of aryl methyl sites for hydroxylation is 2. The van der Waals surface area contributed by atoms with Gasteiger partial charge >= 0.3 is 5.97 Å². The van der Waals surface area contributed by atoms with E-state index in [-0.39, 0.29) is 16.8 Å². The van der Waals surface area contributed by atoms with Crippen molar-refractivity contribution in [1.29, 1.82) is 0 Å². The second-order valence-electron chi connectivity index (χ2n) is 7.52. The minimum atomic E-state index is -1.01. The predicted octanol–water partition coefficient (Wildman–Crippen LogP) is 2.47. The van der Waals surface area contributed by atoms with E-state index in [0.29, 0.717) is 0 Å². The Labute approximate surface area is 193 Å². The Hall–Kier alpha value is -3.00. The largest absolute Gasteiger partial charge is 0.872 e. The maximum Gasteiger partial charge on any atom is 0.335 e. The molecule has 0 amide bonds. The van der Waals surface area contributed by atoms with E-state index in [1.807, 2.05) is 11.8 Å². The number of nitrogens with two attached hydrogens (primary N) is 1. The lowest BCUT2D eigenvalue weighted by Crippen LogP contribution is -2.89. The quantitative estimate of drug-likeness (QED) is 0.629. The fraction of sp³-hybridized carbons (Fsp3) is 0.240. The van der Waals surface area contributed by atoms with E-state index >= 15 is 0 Å². The topological polar surface area (TPSA) is 112 Å². The lowest BCUT2D eigenvalue weighted by Gasteiger charge is -2.29. The molecule has 6 nitrogen and oxygen atoms in total. The number of carbonyl (C=O) groups is 1. The van der Waals surface area contributed by atoms with Gasteiger partial charge in [0.05, 0.1) is 37.4 Å². The van der Waals surface area contributed by atoms with Crippen molar-refractivity contribution in [2.45, 2.75) is 23.6 Å². The molecule has 1 aliphatic rings. The van der Waals surface area contributed by atoms with Crippen molar-refractivity contribution in [2.75, 3.05) is 31.1 Å². The zero-order valence-electron chi connectivity index (χ0n) is 18.4. The summed E-state index contributed by atoms with van der Waals surface area (Å²) in [5.74, 6) is -1.19. The minimum absolute atomic E-state index is 0. The van der Waals surface area contributed by atoms with Crippen LogP contribution in [0.1, 0.15) is 21.5 Å². The third-order valence-corrected chi connectivity index (χ3v) is 6.31. The first-order valence-electron chi connectivity index (χ1n) is 10.3. The van der Waals surface area contributed by atoms with E-state index < -0.39 is 5.97 Å². The maximum atomic E-state index is 10.5. The molecule has 3 aromatic rings. The summed E-state index contributed by atoms with van der Waals surface area (Å²) in [6.45, 7) is 9.04. The molecular formula is C25H30N2O4S. The van der Waals surface area contributed by atoms with Gasteiger partial charge in [-0.1, -0.05) is 53.7 Å². The highest BCUT2D eigenvalue weighted by atomic mass is 32.2. The van der Waals surface area contributed by atoms with Gasteiger partial charge in [0.25, 0.3) is 0 Å². The van der Waals surface area contributed by atoms with Crippen LogP contribution in [0, 0.1) is 13.8 Å². The molecule has 170 valence electrons. The van der Waals surface area contributed by atoms with Crippen molar-refractivity contribution in [3.8, 4) is 5.75 Å². The Balaban J connectivity index is 0.000000280. The number of hydrogen-bond donors (Lipinski definition) is 2. The summed E-state index contributed by atoms with van der Waals surface area (Å²) < 4.78 is 0. The number of hydrogen-bond acceptors (Lipinski definition) is 4. The number of carboxylic acid groups (broad SMARTS) is 1. The zero-order valence-corrected chi connectivity index (χ0v) is 19.2. The second kappa shape index (κ2) is 12.1. The van der Waals surface area contributed by atoms with Gasteiger partial charge in [-0.2, -0.15) is 0 Å². The Morgan fingerprint density at radius 3 is 2.25 bits per heavy atom. The van der Waals surface area contributed by atoms with Crippen LogP contribution in [0.25, 0.3) is 0 Å². The number of para-hydroxylation sites is 1. The van der Waals surface area contributed by atoms with Gasteiger partial charge < -0.3 is 25.9 Å². The van der Waals surface area contributed by atoms with Gasteiger partial charge in [0.1, 0.15) is 0 Å². The molecular weight excluding hydrogens is 424 g/mol. The van der Waals surface area contributed by atoms with Crippen LogP contribution in [-0.2, 0) is 0 Å². The smallest absolute Gasteiger partial charge is 0.335 e. The summed E-state index contributed by atoms with van der Waals surface area (Å²) >= 11 is 1.89. The highest BCUT2D eigenvalue weighted by Crippen LogP contribution is 2.37. The molecule has 1 saturated heterocycles. The van der Waals surface area contributed by atoms with Crippen molar-refractivity contribution in [3.05, 3.63) is 83.4 Å². The molecule has 1 heterocycles. The molecule has 32 heavy (non-hydrogen) atoms. The van der Waals surface area contributed by atoms with Crippen molar-refractivity contribution in [1.82, 2.24) is 0 Å². The molecule has 1 fully saturated rings. The molecule has 0 bridgehead atoms. The van der Waals surface area contributed by atoms with Gasteiger partial charge in [0, 0.05) is 9.79 Å². The lowest BCUT2D eigenvalue weighted by atomic mass is 10.2. The number of quaternary nitrogens is 1. The molecule has 0 saturated carbocycles. The Morgan fingerprint density at radius 1 is 0.969 bits per heavy atom. The van der Waals surface area contributed by atoms with Crippen LogP contribution in [0.4, 0.5) is 5.69 Å². The number of benzene rings is 3. The SMILES string of the molecule is Cc1ccc(Sc2ccccc2N2CC[NH2+]CC2)c(C)c1.O.O=C(O)c1ccc([O-])cc1. The minimum Gasteiger partial charge on any atom is -0.872 e. The van der Waals surface area contributed by atoms with Crippen LogP contribution in [0.5, 0.6) is 5.75 Å². The van der Waals surface area contributed by atoms with Crippen molar-refractivity contribution < 1.29 is 25.8 Å². The van der Waals surface area contributed by atoms with Gasteiger partial charge in [-0.15, -0.1) is 5.75 Å². The van der Waals surface area contributed by atoms with E-state index in [4.69, 9.17) is 5.11 Å². The van der Waals surface area contributed by atoms with Crippen molar-refractivity contribution in [2.24, 2.45) is 0 Å². The molecule has 0 atom stereocenters. The number of aromatic carboxylic acids is 1. The van der Waals surface area contributed by atoms with Crippen LogP contribution in [0.15, 0.2) is 76.5 Å². The number of anilines is 1. The highest BCUT2D eigenvalue weighted by molar-refractivity contribution is 7.99. The lowest BCUT2D eigenvalue weighted by molar-refractivity contribution is -0.655. The van der Waals surface area contributed by atoms with Gasteiger partial charge in [-0.25, -0.2) is 4.79 Å². The highest BCUT2D eigenvalue weighted by Gasteiger charge is 2.16. The molecule has 4 rings (SSSR count). The number of rotatable bonds is 4. The Bertz CT molecular complexity index is 1020. The van der Waals surface area contributed by atoms with E-state index in [1.54, 1.807) is 0 Å². The first kappa shape index (κ1) is 25.3.